The van der Waals surface area contributed by atoms with Crippen LogP contribution in [0.2, 0.25) is 12.1 Å². The van der Waals surface area contributed by atoms with Crippen LogP contribution in [0.5, 0.6) is 0 Å². The predicted octanol–water partition coefficient (Wildman–Crippen LogP) is 1.72. The molecule has 0 aromatic rings. The highest BCUT2D eigenvalue weighted by molar-refractivity contribution is 6.76. The quantitative estimate of drug-likeness (QED) is 0.400. The summed E-state index contributed by atoms with van der Waals surface area (Å²) in [7, 11) is -5.77. The Hall–Kier alpha value is 0.154. The smallest absolute Gasteiger partial charge is 0.395 e. The minimum atomic E-state index is -3.21. The van der Waals surface area contributed by atoms with Gasteiger partial charge in [0.15, 0.2) is 0 Å². The summed E-state index contributed by atoms with van der Waals surface area (Å²) in [5.41, 5.74) is 11.4. The molecule has 0 spiro atoms. The molecule has 0 aliphatic heterocycles. The van der Waals surface area contributed by atoms with Crippen LogP contribution in [0.25, 0.3) is 0 Å². The fourth-order valence-electron chi connectivity index (χ4n) is 2.38. The van der Waals surface area contributed by atoms with E-state index in [1.807, 2.05) is 27.7 Å². The van der Waals surface area contributed by atoms with E-state index in [0.717, 1.165) is 24.9 Å². The molecule has 0 rings (SSSR count). The van der Waals surface area contributed by atoms with Crippen molar-refractivity contribution in [2.75, 3.05) is 39.5 Å². The van der Waals surface area contributed by atoms with E-state index in [4.69, 9.17) is 33.3 Å². The molecule has 4 N–H and O–H groups in total. The van der Waals surface area contributed by atoms with Gasteiger partial charge in [-0.1, -0.05) is 0 Å². The van der Waals surface area contributed by atoms with Gasteiger partial charge in [0.1, 0.15) is 0 Å². The Morgan fingerprint density at radius 1 is 0.652 bits per heavy atom. The van der Waals surface area contributed by atoms with Crippen molar-refractivity contribution in [3.05, 3.63) is 0 Å². The average molecular weight is 369 g/mol. The molecule has 0 heterocycles. The van der Waals surface area contributed by atoms with Crippen molar-refractivity contribution in [3.8, 4) is 0 Å². The summed E-state index contributed by atoms with van der Waals surface area (Å²) >= 11 is 0. The van der Waals surface area contributed by atoms with Gasteiger partial charge in [-0.15, -0.1) is 0 Å². The van der Waals surface area contributed by atoms with Gasteiger partial charge in [0.05, 0.1) is 0 Å². The van der Waals surface area contributed by atoms with E-state index < -0.39 is 17.6 Å². The van der Waals surface area contributed by atoms with Gasteiger partial charge in [0.2, 0.25) is 0 Å². The predicted molar refractivity (Wildman–Crippen MR) is 96.1 cm³/mol. The van der Waals surface area contributed by atoms with E-state index in [1.54, 1.807) is 0 Å². The maximum Gasteiger partial charge on any atom is 0.670 e. The fourth-order valence-corrected chi connectivity index (χ4v) is 9.82. The van der Waals surface area contributed by atoms with Crippen molar-refractivity contribution in [2.45, 2.75) is 52.6 Å². The molecule has 0 amide bonds. The van der Waals surface area contributed by atoms with Gasteiger partial charge in [-0.2, -0.15) is 0 Å². The second kappa shape index (κ2) is 13.4. The second-order valence-electron chi connectivity index (χ2n) is 5.03. The Bertz CT molecular complexity index is 263. The van der Waals surface area contributed by atoms with Crippen LogP contribution in [0.15, 0.2) is 0 Å². The van der Waals surface area contributed by atoms with Crippen molar-refractivity contribution in [2.24, 2.45) is 11.5 Å². The lowest BCUT2D eigenvalue weighted by molar-refractivity contribution is -0.00354. The van der Waals surface area contributed by atoms with E-state index in [0.29, 0.717) is 39.5 Å². The molecule has 7 nitrogen and oxygen atoms in total. The second-order valence-corrected chi connectivity index (χ2v) is 10.8. The van der Waals surface area contributed by atoms with E-state index >= 15 is 0 Å². The molecule has 0 unspecified atom stereocenters. The number of hydrogen-bond acceptors (Lipinski definition) is 7. The Morgan fingerprint density at radius 3 is 1.35 bits per heavy atom. The Morgan fingerprint density at radius 2 is 1.04 bits per heavy atom. The van der Waals surface area contributed by atoms with Gasteiger partial charge in [-0.3, -0.25) is 0 Å². The molecule has 0 fully saturated rings. The molecule has 0 radical (unpaired) electrons. The lowest BCUT2D eigenvalue weighted by Gasteiger charge is -2.37. The summed E-state index contributed by atoms with van der Waals surface area (Å²) < 4.78 is 30.1. The van der Waals surface area contributed by atoms with Gasteiger partial charge in [0.25, 0.3) is 0 Å². The van der Waals surface area contributed by atoms with Crippen molar-refractivity contribution in [1.82, 2.24) is 0 Å². The zero-order valence-electron chi connectivity index (χ0n) is 15.3. The third-order valence-corrected chi connectivity index (χ3v) is 10.7. The summed E-state index contributed by atoms with van der Waals surface area (Å²) in [6.45, 7) is 10.9. The lowest BCUT2D eigenvalue weighted by atomic mass is 10.5. The Labute approximate surface area is 143 Å². The molecular formula is C14H36N2O5Si2. The van der Waals surface area contributed by atoms with Crippen molar-refractivity contribution < 1.29 is 21.8 Å². The molecule has 0 saturated heterocycles. The van der Waals surface area contributed by atoms with Gasteiger partial charge >= 0.3 is 17.6 Å². The SMILES string of the molecule is CCO[Si](CCCN)(CCCN)O[Si](OCC)(OCC)OCC. The summed E-state index contributed by atoms with van der Waals surface area (Å²) in [6, 6.07) is 1.58. The van der Waals surface area contributed by atoms with Crippen LogP contribution in [0, 0.1) is 0 Å². The molecule has 0 aliphatic carbocycles. The monoisotopic (exact) mass is 368 g/mol. The zero-order chi connectivity index (χ0) is 17.6. The van der Waals surface area contributed by atoms with Crippen LogP contribution in [0.3, 0.4) is 0 Å². The van der Waals surface area contributed by atoms with Gasteiger partial charge in [0, 0.05) is 26.4 Å². The molecule has 0 saturated carbocycles. The largest absolute Gasteiger partial charge is 0.670 e. The zero-order valence-corrected chi connectivity index (χ0v) is 17.3. The van der Waals surface area contributed by atoms with Crippen LogP contribution in [-0.2, 0) is 21.8 Å². The highest BCUT2D eigenvalue weighted by Gasteiger charge is 2.53. The summed E-state index contributed by atoms with van der Waals surface area (Å²) in [5.74, 6) is 0. The average Bonchev–Trinajstić information content (AvgIpc) is 2.52. The standard InChI is InChI=1S/C14H36N2O5Si2/c1-5-17-22(13-9-11-15,14-10-12-16)21-23(18-6-2,19-7-3)20-8-4/h5-16H2,1-4H3. The van der Waals surface area contributed by atoms with Crippen LogP contribution in [0.1, 0.15) is 40.5 Å². The molecule has 0 bridgehead atoms. The molecule has 0 aliphatic rings. The molecule has 0 aromatic heterocycles. The molecule has 23 heavy (non-hydrogen) atoms. The molecular weight excluding hydrogens is 332 g/mol. The molecule has 0 atom stereocenters. The van der Waals surface area contributed by atoms with Crippen LogP contribution in [0.4, 0.5) is 0 Å². The van der Waals surface area contributed by atoms with Crippen molar-refractivity contribution >= 4 is 17.6 Å². The highest BCUT2D eigenvalue weighted by Crippen LogP contribution is 2.28. The number of nitrogens with two attached hydrogens (primary N) is 2. The van der Waals surface area contributed by atoms with Gasteiger partial charge in [-0.05, 0) is 65.7 Å². The Balaban J connectivity index is 5.40. The van der Waals surface area contributed by atoms with Gasteiger partial charge in [-0.25, -0.2) is 0 Å². The fraction of sp³-hybridized carbons (Fsp3) is 1.00. The minimum absolute atomic E-state index is 0.469. The summed E-state index contributed by atoms with van der Waals surface area (Å²) in [4.78, 5) is 0. The van der Waals surface area contributed by atoms with Crippen LogP contribution < -0.4 is 11.5 Å². The summed E-state index contributed by atoms with van der Waals surface area (Å²) in [6.07, 6.45) is 1.68. The molecule has 140 valence electrons. The first-order valence-corrected chi connectivity index (χ1v) is 12.6. The van der Waals surface area contributed by atoms with Gasteiger partial charge < -0.3 is 33.3 Å². The first kappa shape index (κ1) is 23.2. The molecule has 9 heteroatoms. The van der Waals surface area contributed by atoms with E-state index in [2.05, 4.69) is 0 Å². The normalized spacial score (nSPS) is 12.8. The topological polar surface area (TPSA) is 98.2 Å². The van der Waals surface area contributed by atoms with Crippen LogP contribution >= 0.6 is 0 Å². The van der Waals surface area contributed by atoms with Crippen molar-refractivity contribution in [1.29, 1.82) is 0 Å². The number of hydrogen-bond donors (Lipinski definition) is 2. The van der Waals surface area contributed by atoms with E-state index in [9.17, 15) is 0 Å². The molecule has 0 aromatic carbocycles. The van der Waals surface area contributed by atoms with Crippen LogP contribution in [-0.4, -0.2) is 57.1 Å². The number of rotatable bonds is 16. The third kappa shape index (κ3) is 8.70. The summed E-state index contributed by atoms with van der Waals surface area (Å²) in [5, 5.41) is 0. The van der Waals surface area contributed by atoms with Crippen molar-refractivity contribution in [3.63, 3.8) is 0 Å². The third-order valence-electron chi connectivity index (χ3n) is 3.21. The highest BCUT2D eigenvalue weighted by atomic mass is 28.5. The minimum Gasteiger partial charge on any atom is -0.395 e. The van der Waals surface area contributed by atoms with E-state index in [1.165, 1.54) is 0 Å². The Kier molecular flexibility index (Phi) is 13.5. The lowest BCUT2D eigenvalue weighted by Crippen LogP contribution is -2.59. The first-order valence-electron chi connectivity index (χ1n) is 8.73. The van der Waals surface area contributed by atoms with E-state index in [-0.39, 0.29) is 0 Å². The first-order chi connectivity index (χ1) is 11.1. The maximum absolute atomic E-state index is 6.47. The maximum atomic E-state index is 6.47.